The van der Waals surface area contributed by atoms with Gasteiger partial charge in [-0.1, -0.05) is 121 Å². The van der Waals surface area contributed by atoms with Crippen molar-refractivity contribution in [2.75, 3.05) is 0 Å². The van der Waals surface area contributed by atoms with Crippen LogP contribution in [0.4, 0.5) is 0 Å². The second kappa shape index (κ2) is 12.1. The van der Waals surface area contributed by atoms with Crippen LogP contribution in [0.15, 0.2) is 121 Å². The van der Waals surface area contributed by atoms with Crippen LogP contribution in [0.1, 0.15) is 0 Å². The fraction of sp³-hybridized carbons (Fsp3) is 0. The highest BCUT2D eigenvalue weighted by Gasteiger charge is 1.92. The maximum absolute atomic E-state index is 8.29. The van der Waals surface area contributed by atoms with Gasteiger partial charge in [0, 0.05) is 0 Å². The summed E-state index contributed by atoms with van der Waals surface area (Å²) in [5, 5.41) is 0. The number of rotatable bonds is 2. The smallest absolute Gasteiger partial charge is 0.168 e. The molecule has 0 unspecified atom stereocenters. The van der Waals surface area contributed by atoms with Crippen LogP contribution in [-0.2, 0) is 11.6 Å². The van der Waals surface area contributed by atoms with Crippen molar-refractivity contribution in [2.24, 2.45) is 0 Å². The maximum Gasteiger partial charge on any atom is 0.335 e. The molecule has 4 aromatic carbocycles. The van der Waals surface area contributed by atoms with E-state index in [1.54, 1.807) is 0 Å². The highest BCUT2D eigenvalue weighted by molar-refractivity contribution is 7.51. The van der Waals surface area contributed by atoms with Gasteiger partial charge in [-0.3, -0.25) is 0 Å². The Bertz CT molecular complexity index is 769. The van der Waals surface area contributed by atoms with Gasteiger partial charge in [-0.25, -0.2) is 0 Å². The summed E-state index contributed by atoms with van der Waals surface area (Å²) < 4.78 is 16.6. The Balaban J connectivity index is 0.000000170. The lowest BCUT2D eigenvalue weighted by atomic mass is 10.1. The third kappa shape index (κ3) is 7.22. The molecule has 0 heterocycles. The quantitative estimate of drug-likeness (QED) is 0.430. The van der Waals surface area contributed by atoms with Crippen LogP contribution in [0.3, 0.4) is 0 Å². The maximum atomic E-state index is 8.29. The SMILES string of the molecule is O=S=O.c1ccc(-c2ccccc2)cc1.c1ccc(-c2ccccc2)cc1. The lowest BCUT2D eigenvalue weighted by molar-refractivity contribution is 0.630. The molecule has 0 bridgehead atoms. The molecule has 0 fully saturated rings. The van der Waals surface area contributed by atoms with E-state index < -0.39 is 11.6 Å². The van der Waals surface area contributed by atoms with E-state index in [2.05, 4.69) is 97.1 Å². The first-order valence-electron chi connectivity index (χ1n) is 8.48. The molecule has 0 aliphatic heterocycles. The van der Waals surface area contributed by atoms with E-state index >= 15 is 0 Å². The molecular formula is C24H20O2S. The normalized spacial score (nSPS) is 9.04. The van der Waals surface area contributed by atoms with Crippen molar-refractivity contribution in [3.05, 3.63) is 121 Å². The van der Waals surface area contributed by atoms with Crippen molar-refractivity contribution < 1.29 is 8.42 Å². The van der Waals surface area contributed by atoms with Crippen molar-refractivity contribution in [3.8, 4) is 22.3 Å². The van der Waals surface area contributed by atoms with E-state index in [0.29, 0.717) is 0 Å². The topological polar surface area (TPSA) is 34.1 Å². The van der Waals surface area contributed by atoms with Gasteiger partial charge in [-0.15, -0.1) is 0 Å². The zero-order valence-corrected chi connectivity index (χ0v) is 15.6. The predicted molar refractivity (Wildman–Crippen MR) is 113 cm³/mol. The first kappa shape index (κ1) is 20.0. The molecule has 134 valence electrons. The standard InChI is InChI=1S/2C12H10.O2S/c2*1-3-7-11(8-4-1)12-9-5-2-6-10-12;1-3-2/h2*1-10H;. The number of hydrogen-bond acceptors (Lipinski definition) is 2. The minimum absolute atomic E-state index is 0.750. The van der Waals surface area contributed by atoms with E-state index in [4.69, 9.17) is 8.42 Å². The fourth-order valence-electron chi connectivity index (χ4n) is 2.52. The molecule has 0 aromatic heterocycles. The largest absolute Gasteiger partial charge is 0.335 e. The average molecular weight is 372 g/mol. The van der Waals surface area contributed by atoms with Gasteiger partial charge in [0.1, 0.15) is 0 Å². The van der Waals surface area contributed by atoms with E-state index in [-0.39, 0.29) is 0 Å². The molecule has 0 aliphatic carbocycles. The minimum atomic E-state index is -0.750. The molecule has 4 aromatic rings. The van der Waals surface area contributed by atoms with Crippen LogP contribution in [0, 0.1) is 0 Å². The van der Waals surface area contributed by atoms with Crippen molar-refractivity contribution in [2.45, 2.75) is 0 Å². The van der Waals surface area contributed by atoms with Crippen LogP contribution in [0.25, 0.3) is 22.3 Å². The summed E-state index contributed by atoms with van der Waals surface area (Å²) in [5.41, 5.74) is 5.10. The van der Waals surface area contributed by atoms with Gasteiger partial charge in [0.25, 0.3) is 0 Å². The zero-order chi connectivity index (χ0) is 19.2. The second-order valence-electron chi connectivity index (χ2n) is 5.53. The van der Waals surface area contributed by atoms with E-state index in [1.807, 2.05) is 24.3 Å². The van der Waals surface area contributed by atoms with Gasteiger partial charge in [0.15, 0.2) is 0 Å². The summed E-state index contributed by atoms with van der Waals surface area (Å²) in [6.45, 7) is 0. The lowest BCUT2D eigenvalue weighted by Gasteiger charge is -1.98. The third-order valence-electron chi connectivity index (χ3n) is 3.76. The highest BCUT2D eigenvalue weighted by Crippen LogP contribution is 2.18. The van der Waals surface area contributed by atoms with Crippen LogP contribution in [-0.4, -0.2) is 8.42 Å². The first-order valence-corrected chi connectivity index (χ1v) is 9.14. The first-order chi connectivity index (χ1) is 13.3. The van der Waals surface area contributed by atoms with Crippen LogP contribution < -0.4 is 0 Å². The van der Waals surface area contributed by atoms with E-state index in [0.717, 1.165) is 0 Å². The molecule has 0 aliphatic rings. The fourth-order valence-corrected chi connectivity index (χ4v) is 2.52. The van der Waals surface area contributed by atoms with Crippen molar-refractivity contribution in [1.82, 2.24) is 0 Å². The molecule has 0 atom stereocenters. The van der Waals surface area contributed by atoms with Gasteiger partial charge in [0.2, 0.25) is 0 Å². The Morgan fingerprint density at radius 1 is 0.333 bits per heavy atom. The lowest BCUT2D eigenvalue weighted by Crippen LogP contribution is -1.73. The Hall–Kier alpha value is -3.30. The molecule has 4 rings (SSSR count). The number of benzene rings is 4. The molecule has 3 heteroatoms. The average Bonchev–Trinajstić information content (AvgIpc) is 2.77. The summed E-state index contributed by atoms with van der Waals surface area (Å²) >= 11 is -0.750. The van der Waals surface area contributed by atoms with Crippen LogP contribution in [0.5, 0.6) is 0 Å². The summed E-state index contributed by atoms with van der Waals surface area (Å²) in [5.74, 6) is 0. The van der Waals surface area contributed by atoms with Gasteiger partial charge >= 0.3 is 11.6 Å². The van der Waals surface area contributed by atoms with Crippen molar-refractivity contribution >= 4 is 11.6 Å². The molecule has 0 saturated heterocycles. The highest BCUT2D eigenvalue weighted by atomic mass is 32.1. The van der Waals surface area contributed by atoms with Gasteiger partial charge in [0.05, 0.1) is 0 Å². The van der Waals surface area contributed by atoms with E-state index in [9.17, 15) is 0 Å². The molecular weight excluding hydrogens is 352 g/mol. The van der Waals surface area contributed by atoms with Crippen molar-refractivity contribution in [3.63, 3.8) is 0 Å². The van der Waals surface area contributed by atoms with Gasteiger partial charge in [-0.2, -0.15) is 8.42 Å². The third-order valence-corrected chi connectivity index (χ3v) is 3.76. The minimum Gasteiger partial charge on any atom is -0.168 e. The molecule has 0 saturated carbocycles. The van der Waals surface area contributed by atoms with E-state index in [1.165, 1.54) is 22.3 Å². The molecule has 2 nitrogen and oxygen atoms in total. The summed E-state index contributed by atoms with van der Waals surface area (Å²) in [4.78, 5) is 0. The molecule has 0 spiro atoms. The molecule has 0 radical (unpaired) electrons. The summed E-state index contributed by atoms with van der Waals surface area (Å²) in [7, 11) is 0. The Kier molecular flexibility index (Phi) is 8.98. The molecule has 27 heavy (non-hydrogen) atoms. The Morgan fingerprint density at radius 2 is 0.481 bits per heavy atom. The number of hydrogen-bond donors (Lipinski definition) is 0. The van der Waals surface area contributed by atoms with Crippen molar-refractivity contribution in [1.29, 1.82) is 0 Å². The Morgan fingerprint density at radius 3 is 0.630 bits per heavy atom. The van der Waals surface area contributed by atoms with Crippen LogP contribution in [0.2, 0.25) is 0 Å². The predicted octanol–water partition coefficient (Wildman–Crippen LogP) is 6.04. The van der Waals surface area contributed by atoms with Crippen LogP contribution >= 0.6 is 0 Å². The second-order valence-corrected chi connectivity index (χ2v) is 5.67. The summed E-state index contributed by atoms with van der Waals surface area (Å²) in [6.07, 6.45) is 0. The zero-order valence-electron chi connectivity index (χ0n) is 14.8. The molecule has 0 amide bonds. The summed E-state index contributed by atoms with van der Waals surface area (Å²) in [6, 6.07) is 41.6. The van der Waals surface area contributed by atoms with Gasteiger partial charge < -0.3 is 0 Å². The molecule has 0 N–H and O–H groups in total. The van der Waals surface area contributed by atoms with Gasteiger partial charge in [-0.05, 0) is 22.3 Å². The Labute approximate surface area is 163 Å². The monoisotopic (exact) mass is 372 g/mol.